The topological polar surface area (TPSA) is 69.6 Å². The van der Waals surface area contributed by atoms with Crippen molar-refractivity contribution in [2.24, 2.45) is 5.92 Å². The molecule has 1 heterocycles. The molecule has 0 spiro atoms. The van der Waals surface area contributed by atoms with Crippen molar-refractivity contribution in [3.63, 3.8) is 0 Å². The molecule has 1 unspecified atom stereocenters. The number of carbonyl (C=O) groups is 2. The number of aliphatic carboxylic acids is 1. The second kappa shape index (κ2) is 5.85. The molecule has 1 aliphatic heterocycles. The third kappa shape index (κ3) is 3.24. The molecule has 1 aromatic rings. The molecular weight excluding hydrogens is 268 g/mol. The third-order valence-corrected chi connectivity index (χ3v) is 4.32. The number of fused-ring (bicyclic) bond motifs is 1. The fourth-order valence-electron chi connectivity index (χ4n) is 2.90. The average Bonchev–Trinajstić information content (AvgIpc) is 3.31. The van der Waals surface area contributed by atoms with Crippen LogP contribution in [0.1, 0.15) is 24.0 Å². The maximum Gasteiger partial charge on any atom is 0.320 e. The van der Waals surface area contributed by atoms with Crippen molar-refractivity contribution < 1.29 is 14.7 Å². The average molecular weight is 288 g/mol. The van der Waals surface area contributed by atoms with Crippen molar-refractivity contribution in [2.45, 2.75) is 31.8 Å². The lowest BCUT2D eigenvalue weighted by molar-refractivity contribution is -0.140. The molecule has 0 bridgehead atoms. The van der Waals surface area contributed by atoms with Crippen molar-refractivity contribution in [1.29, 1.82) is 0 Å². The minimum absolute atomic E-state index is 0.0172. The van der Waals surface area contributed by atoms with Gasteiger partial charge in [-0.15, -0.1) is 0 Å². The highest BCUT2D eigenvalue weighted by Gasteiger charge is 2.36. The molecule has 5 nitrogen and oxygen atoms in total. The Bertz CT molecular complexity index is 554. The Morgan fingerprint density at radius 3 is 2.67 bits per heavy atom. The number of carboxylic acid groups (broad SMARTS) is 1. The second-order valence-corrected chi connectivity index (χ2v) is 5.87. The van der Waals surface area contributed by atoms with E-state index in [1.165, 1.54) is 11.1 Å². The summed E-state index contributed by atoms with van der Waals surface area (Å²) >= 11 is 0. The van der Waals surface area contributed by atoms with Crippen molar-refractivity contribution in [3.8, 4) is 0 Å². The number of nitrogens with one attached hydrogen (secondary N) is 1. The normalized spacial score (nSPS) is 19.0. The minimum atomic E-state index is -0.853. The zero-order chi connectivity index (χ0) is 14.8. The van der Waals surface area contributed by atoms with E-state index in [2.05, 4.69) is 11.4 Å². The molecule has 3 rings (SSSR count). The van der Waals surface area contributed by atoms with Gasteiger partial charge in [0.2, 0.25) is 5.91 Å². The first kappa shape index (κ1) is 14.1. The molecule has 2 aliphatic rings. The van der Waals surface area contributed by atoms with Crippen LogP contribution in [-0.2, 0) is 22.6 Å². The fourth-order valence-corrected chi connectivity index (χ4v) is 2.90. The first-order valence-corrected chi connectivity index (χ1v) is 7.46. The van der Waals surface area contributed by atoms with E-state index in [1.807, 2.05) is 18.2 Å². The van der Waals surface area contributed by atoms with Crippen molar-refractivity contribution in [3.05, 3.63) is 35.4 Å². The van der Waals surface area contributed by atoms with Crippen molar-refractivity contribution >= 4 is 11.9 Å². The quantitative estimate of drug-likeness (QED) is 0.849. The Kier molecular flexibility index (Phi) is 3.92. The number of nitrogens with zero attached hydrogens (tertiary/aromatic N) is 1. The first-order valence-electron chi connectivity index (χ1n) is 7.46. The van der Waals surface area contributed by atoms with E-state index in [0.29, 0.717) is 13.1 Å². The highest BCUT2D eigenvalue weighted by Crippen LogP contribution is 2.32. The summed E-state index contributed by atoms with van der Waals surface area (Å²) in [7, 11) is 0. The number of hydrogen-bond acceptors (Lipinski definition) is 3. The number of carbonyl (C=O) groups excluding carboxylic acids is 1. The molecule has 0 aromatic heterocycles. The Balaban J connectivity index is 1.55. The van der Waals surface area contributed by atoms with E-state index >= 15 is 0 Å². The van der Waals surface area contributed by atoms with Crippen LogP contribution in [0.2, 0.25) is 0 Å². The number of rotatable bonds is 5. The molecule has 1 atom stereocenters. The molecule has 1 amide bonds. The molecule has 0 radical (unpaired) electrons. The van der Waals surface area contributed by atoms with E-state index in [0.717, 1.165) is 19.3 Å². The van der Waals surface area contributed by atoms with Gasteiger partial charge in [-0.3, -0.25) is 14.9 Å². The van der Waals surface area contributed by atoms with Crippen molar-refractivity contribution in [2.75, 3.05) is 13.1 Å². The molecule has 1 aromatic carbocycles. The van der Waals surface area contributed by atoms with E-state index in [4.69, 9.17) is 5.11 Å². The van der Waals surface area contributed by atoms with Crippen LogP contribution in [0.5, 0.6) is 0 Å². The van der Waals surface area contributed by atoms with Gasteiger partial charge < -0.3 is 10.0 Å². The summed E-state index contributed by atoms with van der Waals surface area (Å²) in [6.07, 6.45) is 2.75. The predicted molar refractivity (Wildman–Crippen MR) is 77.7 cm³/mol. The van der Waals surface area contributed by atoms with Gasteiger partial charge in [-0.25, -0.2) is 0 Å². The monoisotopic (exact) mass is 288 g/mol. The lowest BCUT2D eigenvalue weighted by Gasteiger charge is -2.29. The molecule has 112 valence electrons. The number of hydrogen-bond donors (Lipinski definition) is 2. The van der Waals surface area contributed by atoms with Crippen LogP contribution < -0.4 is 5.32 Å². The summed E-state index contributed by atoms with van der Waals surface area (Å²) in [5.74, 6) is -0.678. The zero-order valence-electron chi connectivity index (χ0n) is 11.9. The molecule has 1 fully saturated rings. The van der Waals surface area contributed by atoms with Crippen LogP contribution >= 0.6 is 0 Å². The third-order valence-electron chi connectivity index (χ3n) is 4.32. The standard InChI is InChI=1S/C16H20N2O3/c19-14(9-17-15(16(20)21)12-5-6-12)18-8-7-11-3-1-2-4-13(11)10-18/h1-4,12,15,17H,5-10H2,(H,20,21). The molecular formula is C16H20N2O3. The zero-order valence-corrected chi connectivity index (χ0v) is 11.9. The number of amides is 1. The maximum atomic E-state index is 12.2. The van der Waals surface area contributed by atoms with Crippen LogP contribution in [0.15, 0.2) is 24.3 Å². The molecule has 0 saturated heterocycles. The molecule has 5 heteroatoms. The van der Waals surface area contributed by atoms with Gasteiger partial charge in [0.1, 0.15) is 6.04 Å². The van der Waals surface area contributed by atoms with Crippen LogP contribution in [-0.4, -0.2) is 41.0 Å². The van der Waals surface area contributed by atoms with E-state index in [9.17, 15) is 9.59 Å². The molecule has 1 saturated carbocycles. The summed E-state index contributed by atoms with van der Waals surface area (Å²) in [6, 6.07) is 7.57. The summed E-state index contributed by atoms with van der Waals surface area (Å²) in [4.78, 5) is 25.2. The largest absolute Gasteiger partial charge is 0.480 e. The molecule has 1 aliphatic carbocycles. The maximum absolute atomic E-state index is 12.2. The number of carboxylic acids is 1. The summed E-state index contributed by atoms with van der Waals surface area (Å²) in [5.41, 5.74) is 2.49. The van der Waals surface area contributed by atoms with Crippen molar-refractivity contribution in [1.82, 2.24) is 10.2 Å². The van der Waals surface area contributed by atoms with Gasteiger partial charge in [-0.2, -0.15) is 0 Å². The Morgan fingerprint density at radius 1 is 1.29 bits per heavy atom. The lowest BCUT2D eigenvalue weighted by Crippen LogP contribution is -2.46. The van der Waals surface area contributed by atoms with Gasteiger partial charge in [0.25, 0.3) is 0 Å². The van der Waals surface area contributed by atoms with Gasteiger partial charge in [-0.05, 0) is 36.3 Å². The van der Waals surface area contributed by atoms with Gasteiger partial charge in [0, 0.05) is 13.1 Å². The predicted octanol–water partition coefficient (Wildman–Crippen LogP) is 1.02. The van der Waals surface area contributed by atoms with Gasteiger partial charge in [-0.1, -0.05) is 24.3 Å². The highest BCUT2D eigenvalue weighted by molar-refractivity contribution is 5.80. The van der Waals surface area contributed by atoms with Crippen LogP contribution in [0.25, 0.3) is 0 Å². The highest BCUT2D eigenvalue weighted by atomic mass is 16.4. The fraction of sp³-hybridized carbons (Fsp3) is 0.500. The first-order chi connectivity index (χ1) is 10.1. The summed E-state index contributed by atoms with van der Waals surface area (Å²) in [5, 5.41) is 12.1. The molecule has 2 N–H and O–H groups in total. The smallest absolute Gasteiger partial charge is 0.320 e. The second-order valence-electron chi connectivity index (χ2n) is 5.87. The summed E-state index contributed by atoms with van der Waals surface area (Å²) in [6.45, 7) is 1.44. The molecule has 21 heavy (non-hydrogen) atoms. The Morgan fingerprint density at radius 2 is 2.00 bits per heavy atom. The van der Waals surface area contributed by atoms with Gasteiger partial charge >= 0.3 is 5.97 Å². The summed E-state index contributed by atoms with van der Waals surface area (Å²) < 4.78 is 0. The lowest BCUT2D eigenvalue weighted by atomic mass is 10.00. The number of benzene rings is 1. The van der Waals surface area contributed by atoms with Crippen LogP contribution in [0.3, 0.4) is 0 Å². The van der Waals surface area contributed by atoms with Crippen LogP contribution in [0, 0.1) is 5.92 Å². The Labute approximate surface area is 123 Å². The van der Waals surface area contributed by atoms with E-state index in [-0.39, 0.29) is 18.4 Å². The SMILES string of the molecule is O=C(O)C(NCC(=O)N1CCc2ccccc2C1)C1CC1. The van der Waals surface area contributed by atoms with E-state index < -0.39 is 12.0 Å². The van der Waals surface area contributed by atoms with Gasteiger partial charge in [0.05, 0.1) is 6.54 Å². The van der Waals surface area contributed by atoms with Gasteiger partial charge in [0.15, 0.2) is 0 Å². The minimum Gasteiger partial charge on any atom is -0.480 e. The van der Waals surface area contributed by atoms with Crippen LogP contribution in [0.4, 0.5) is 0 Å². The Hall–Kier alpha value is -1.88. The van der Waals surface area contributed by atoms with E-state index in [1.54, 1.807) is 4.90 Å².